The summed E-state index contributed by atoms with van der Waals surface area (Å²) in [6.07, 6.45) is -0.499. The van der Waals surface area contributed by atoms with E-state index in [9.17, 15) is 4.79 Å². The van der Waals surface area contributed by atoms with Crippen molar-refractivity contribution >= 4 is 34.2 Å². The van der Waals surface area contributed by atoms with Crippen molar-refractivity contribution in [3.8, 4) is 5.75 Å². The Bertz CT molecular complexity index is 443. The fourth-order valence-electron chi connectivity index (χ4n) is 1.64. The van der Waals surface area contributed by atoms with Crippen LogP contribution in [0, 0.1) is 6.92 Å². The maximum atomic E-state index is 12.1. The van der Waals surface area contributed by atoms with Crippen molar-refractivity contribution < 1.29 is 9.53 Å². The molecule has 0 radical (unpaired) electrons. The van der Waals surface area contributed by atoms with Crippen LogP contribution < -0.4 is 10.1 Å². The molecule has 1 rings (SSSR count). The molecule has 1 unspecified atom stereocenters. The first-order chi connectivity index (χ1) is 8.95. The smallest absolute Gasteiger partial charge is 0.263 e. The number of rotatable bonds is 6. The van der Waals surface area contributed by atoms with E-state index in [4.69, 9.17) is 4.74 Å². The van der Waals surface area contributed by atoms with Gasteiger partial charge in [-0.15, -0.1) is 12.4 Å². The van der Waals surface area contributed by atoms with Crippen LogP contribution in [0.2, 0.25) is 0 Å². The van der Waals surface area contributed by atoms with E-state index in [-0.39, 0.29) is 18.3 Å². The predicted octanol–water partition coefficient (Wildman–Crippen LogP) is 2.62. The Labute approximate surface area is 135 Å². The summed E-state index contributed by atoms with van der Waals surface area (Å²) in [5, 5.41) is 3.02. The molecule has 1 aromatic carbocycles. The molecule has 0 aliphatic heterocycles. The molecule has 0 aliphatic carbocycles. The molecule has 20 heavy (non-hydrogen) atoms. The number of benzene rings is 1. The van der Waals surface area contributed by atoms with Crippen molar-refractivity contribution in [1.82, 2.24) is 10.2 Å². The number of amides is 1. The van der Waals surface area contributed by atoms with Gasteiger partial charge >= 0.3 is 0 Å². The largest absolute Gasteiger partial charge is 0.480 e. The summed E-state index contributed by atoms with van der Waals surface area (Å²) in [6.45, 7) is 5.21. The average Bonchev–Trinajstić information content (AvgIpc) is 2.38. The first-order valence-corrected chi connectivity index (χ1v) is 7.07. The quantitative estimate of drug-likeness (QED) is 0.842. The molecule has 0 saturated heterocycles. The fourth-order valence-corrected chi connectivity index (χ4v) is 2.23. The molecule has 0 aromatic heterocycles. The number of ether oxygens (including phenoxy) is 1. The van der Waals surface area contributed by atoms with Gasteiger partial charge in [0.15, 0.2) is 6.10 Å². The van der Waals surface area contributed by atoms with Gasteiger partial charge in [0.1, 0.15) is 5.75 Å². The van der Waals surface area contributed by atoms with Gasteiger partial charge in [-0.3, -0.25) is 4.79 Å². The number of hydrogen-bond acceptors (Lipinski definition) is 3. The molecule has 0 spiro atoms. The van der Waals surface area contributed by atoms with Crippen molar-refractivity contribution in [2.75, 3.05) is 27.2 Å². The van der Waals surface area contributed by atoms with Crippen molar-refractivity contribution in [1.29, 1.82) is 0 Å². The second-order valence-electron chi connectivity index (χ2n) is 4.56. The van der Waals surface area contributed by atoms with Crippen LogP contribution in [0.1, 0.15) is 12.5 Å². The molecule has 0 aliphatic rings. The van der Waals surface area contributed by atoms with E-state index >= 15 is 0 Å². The van der Waals surface area contributed by atoms with Gasteiger partial charge in [0.05, 0.1) is 4.47 Å². The Morgan fingerprint density at radius 1 is 1.50 bits per heavy atom. The summed E-state index contributed by atoms with van der Waals surface area (Å²) < 4.78 is 6.57. The van der Waals surface area contributed by atoms with Crippen LogP contribution in [0.4, 0.5) is 0 Å². The summed E-state index contributed by atoms with van der Waals surface area (Å²) in [5.74, 6) is 0.663. The lowest BCUT2D eigenvalue weighted by Gasteiger charge is -2.22. The lowest BCUT2D eigenvalue weighted by molar-refractivity contribution is -0.136. The summed E-state index contributed by atoms with van der Waals surface area (Å²) >= 11 is 3.44. The van der Waals surface area contributed by atoms with Gasteiger partial charge in [0, 0.05) is 20.1 Å². The van der Waals surface area contributed by atoms with Gasteiger partial charge in [0.2, 0.25) is 0 Å². The molecule has 1 amide bonds. The molecule has 1 atom stereocenters. The van der Waals surface area contributed by atoms with Gasteiger partial charge in [0.25, 0.3) is 5.91 Å². The van der Waals surface area contributed by atoms with Gasteiger partial charge in [-0.25, -0.2) is 0 Å². The minimum Gasteiger partial charge on any atom is -0.480 e. The Hall–Kier alpha value is -0.780. The Morgan fingerprint density at radius 3 is 2.70 bits per heavy atom. The molecule has 0 bridgehead atoms. The van der Waals surface area contributed by atoms with E-state index in [0.29, 0.717) is 12.3 Å². The first kappa shape index (κ1) is 19.2. The molecule has 0 fully saturated rings. The van der Waals surface area contributed by atoms with E-state index in [1.807, 2.05) is 32.2 Å². The minimum absolute atomic E-state index is 0. The van der Waals surface area contributed by atoms with Crippen LogP contribution in [-0.4, -0.2) is 44.1 Å². The maximum Gasteiger partial charge on any atom is 0.263 e. The average molecular weight is 366 g/mol. The SMILES string of the molecule is CNCCN(C)C(=O)C(C)Oc1ccc(C)cc1Br.Cl. The Kier molecular flexibility index (Phi) is 8.85. The molecule has 6 heteroatoms. The fraction of sp³-hybridized carbons (Fsp3) is 0.500. The molecule has 1 aromatic rings. The molecule has 4 nitrogen and oxygen atoms in total. The number of carbonyl (C=O) groups excluding carboxylic acids is 1. The lowest BCUT2D eigenvalue weighted by Crippen LogP contribution is -2.40. The number of nitrogens with zero attached hydrogens (tertiary/aromatic N) is 1. The van der Waals surface area contributed by atoms with Gasteiger partial charge < -0.3 is 15.0 Å². The highest BCUT2D eigenvalue weighted by Gasteiger charge is 2.19. The van der Waals surface area contributed by atoms with Crippen molar-refractivity contribution in [3.05, 3.63) is 28.2 Å². The van der Waals surface area contributed by atoms with Crippen LogP contribution in [0.3, 0.4) is 0 Å². The van der Waals surface area contributed by atoms with Crippen LogP contribution in [0.15, 0.2) is 22.7 Å². The van der Waals surface area contributed by atoms with E-state index in [0.717, 1.165) is 16.6 Å². The third-order valence-electron chi connectivity index (χ3n) is 2.81. The van der Waals surface area contributed by atoms with E-state index in [1.165, 1.54) is 0 Å². The maximum absolute atomic E-state index is 12.1. The molecule has 114 valence electrons. The van der Waals surface area contributed by atoms with Gasteiger partial charge in [-0.1, -0.05) is 6.07 Å². The second-order valence-corrected chi connectivity index (χ2v) is 5.41. The van der Waals surface area contributed by atoms with Gasteiger partial charge in [-0.05, 0) is 54.5 Å². The standard InChI is InChI=1S/C14H21BrN2O2.ClH/c1-10-5-6-13(12(15)9-10)19-11(2)14(18)17(4)8-7-16-3;/h5-6,9,11,16H,7-8H2,1-4H3;1H. The second kappa shape index (κ2) is 9.21. The number of carbonyl (C=O) groups is 1. The van der Waals surface area contributed by atoms with Crippen LogP contribution in [-0.2, 0) is 4.79 Å². The van der Waals surface area contributed by atoms with Crippen LogP contribution in [0.5, 0.6) is 5.75 Å². The third-order valence-corrected chi connectivity index (χ3v) is 3.43. The first-order valence-electron chi connectivity index (χ1n) is 6.28. The summed E-state index contributed by atoms with van der Waals surface area (Å²) in [5.41, 5.74) is 1.14. The monoisotopic (exact) mass is 364 g/mol. The summed E-state index contributed by atoms with van der Waals surface area (Å²) in [7, 11) is 3.64. The predicted molar refractivity (Wildman–Crippen MR) is 87.8 cm³/mol. The van der Waals surface area contributed by atoms with E-state index < -0.39 is 6.10 Å². The number of likely N-dealkylation sites (N-methyl/N-ethyl adjacent to an activating group) is 2. The summed E-state index contributed by atoms with van der Waals surface area (Å²) in [4.78, 5) is 13.8. The van der Waals surface area contributed by atoms with Crippen molar-refractivity contribution in [2.24, 2.45) is 0 Å². The third kappa shape index (κ3) is 5.69. The van der Waals surface area contributed by atoms with Crippen LogP contribution in [0.25, 0.3) is 0 Å². The lowest BCUT2D eigenvalue weighted by atomic mass is 10.2. The Morgan fingerprint density at radius 2 is 2.15 bits per heavy atom. The molecule has 1 N–H and O–H groups in total. The highest BCUT2D eigenvalue weighted by molar-refractivity contribution is 9.10. The van der Waals surface area contributed by atoms with E-state index in [2.05, 4.69) is 21.2 Å². The highest BCUT2D eigenvalue weighted by Crippen LogP contribution is 2.26. The molecule has 0 saturated carbocycles. The zero-order chi connectivity index (χ0) is 14.4. The normalized spacial score (nSPS) is 11.4. The van der Waals surface area contributed by atoms with Crippen LogP contribution >= 0.6 is 28.3 Å². The zero-order valence-electron chi connectivity index (χ0n) is 12.3. The van der Waals surface area contributed by atoms with Gasteiger partial charge in [-0.2, -0.15) is 0 Å². The minimum atomic E-state index is -0.499. The highest BCUT2D eigenvalue weighted by atomic mass is 79.9. The van der Waals surface area contributed by atoms with Crippen molar-refractivity contribution in [3.63, 3.8) is 0 Å². The topological polar surface area (TPSA) is 41.6 Å². The Balaban J connectivity index is 0.00000361. The molecule has 0 heterocycles. The van der Waals surface area contributed by atoms with Crippen molar-refractivity contribution in [2.45, 2.75) is 20.0 Å². The number of hydrogen-bond donors (Lipinski definition) is 1. The summed E-state index contributed by atoms with van der Waals surface area (Å²) in [6, 6.07) is 5.80. The molecular formula is C14H22BrClN2O2. The van der Waals surface area contributed by atoms with E-state index in [1.54, 1.807) is 18.9 Å². The zero-order valence-corrected chi connectivity index (χ0v) is 14.7. The number of halogens is 2. The number of aryl methyl sites for hydroxylation is 1. The number of nitrogens with one attached hydrogen (secondary N) is 1. The molecular weight excluding hydrogens is 344 g/mol.